The minimum Gasteiger partial charge on any atom is -0.480 e. The number of nitrogens with one attached hydrogen (secondary N) is 1. The van der Waals surface area contributed by atoms with Crippen molar-refractivity contribution in [2.45, 2.75) is 16.7 Å². The SMILES string of the molecule is O=C(NC(CSCc1ccccc1)C(=O)O)c1cccc(S(=O)(=O)O)c1. The smallest absolute Gasteiger partial charge is 0.327 e. The highest BCUT2D eigenvalue weighted by Crippen LogP contribution is 2.14. The summed E-state index contributed by atoms with van der Waals surface area (Å²) in [6.07, 6.45) is 0. The Labute approximate surface area is 155 Å². The zero-order valence-corrected chi connectivity index (χ0v) is 15.2. The number of amides is 1. The van der Waals surface area contributed by atoms with Crippen LogP contribution in [0, 0.1) is 0 Å². The Balaban J connectivity index is 2.00. The van der Waals surface area contributed by atoms with Gasteiger partial charge in [-0.25, -0.2) is 4.79 Å². The topological polar surface area (TPSA) is 121 Å². The number of benzene rings is 2. The summed E-state index contributed by atoms with van der Waals surface area (Å²) >= 11 is 1.36. The van der Waals surface area contributed by atoms with Crippen LogP contribution in [0.1, 0.15) is 15.9 Å². The van der Waals surface area contributed by atoms with E-state index in [1.165, 1.54) is 23.9 Å². The maximum atomic E-state index is 12.2. The normalized spacial score (nSPS) is 12.3. The molecule has 1 unspecified atom stereocenters. The minimum atomic E-state index is -4.45. The van der Waals surface area contributed by atoms with Crippen LogP contribution in [0.5, 0.6) is 0 Å². The Kier molecular flexibility index (Phi) is 6.78. The summed E-state index contributed by atoms with van der Waals surface area (Å²) in [6.45, 7) is 0. The van der Waals surface area contributed by atoms with Gasteiger partial charge < -0.3 is 10.4 Å². The molecule has 0 saturated heterocycles. The van der Waals surface area contributed by atoms with Crippen molar-refractivity contribution in [1.82, 2.24) is 5.32 Å². The number of carboxylic acid groups (broad SMARTS) is 1. The Morgan fingerprint density at radius 1 is 1.08 bits per heavy atom. The highest BCUT2D eigenvalue weighted by Gasteiger charge is 2.21. The fourth-order valence-electron chi connectivity index (χ4n) is 2.08. The molecule has 2 rings (SSSR count). The van der Waals surface area contributed by atoms with Gasteiger partial charge in [0.1, 0.15) is 6.04 Å². The molecule has 0 saturated carbocycles. The summed E-state index contributed by atoms with van der Waals surface area (Å²) in [4.78, 5) is 23.1. The number of hydrogen-bond acceptors (Lipinski definition) is 5. The van der Waals surface area contributed by atoms with E-state index in [2.05, 4.69) is 5.32 Å². The summed E-state index contributed by atoms with van der Waals surface area (Å²) in [5.41, 5.74) is 0.980. The second kappa shape index (κ2) is 8.84. The van der Waals surface area contributed by atoms with Gasteiger partial charge in [-0.1, -0.05) is 36.4 Å². The van der Waals surface area contributed by atoms with E-state index >= 15 is 0 Å². The van der Waals surface area contributed by atoms with E-state index < -0.39 is 32.9 Å². The molecular formula is C17H17NO6S2. The van der Waals surface area contributed by atoms with E-state index in [-0.39, 0.29) is 11.3 Å². The number of hydrogen-bond donors (Lipinski definition) is 3. The molecule has 0 bridgehead atoms. The van der Waals surface area contributed by atoms with E-state index in [1.54, 1.807) is 0 Å². The first-order valence-corrected chi connectivity index (χ1v) is 10.1. The van der Waals surface area contributed by atoms with Gasteiger partial charge in [-0.2, -0.15) is 20.2 Å². The summed E-state index contributed by atoms with van der Waals surface area (Å²) in [6, 6.07) is 13.1. The van der Waals surface area contributed by atoms with Gasteiger partial charge in [-0.05, 0) is 23.8 Å². The van der Waals surface area contributed by atoms with Gasteiger partial charge >= 0.3 is 5.97 Å². The average Bonchev–Trinajstić information content (AvgIpc) is 2.61. The monoisotopic (exact) mass is 395 g/mol. The molecule has 0 aliphatic carbocycles. The third-order valence-corrected chi connectivity index (χ3v) is 5.35. The van der Waals surface area contributed by atoms with E-state index in [0.29, 0.717) is 5.75 Å². The van der Waals surface area contributed by atoms with Crippen LogP contribution in [0.15, 0.2) is 59.5 Å². The largest absolute Gasteiger partial charge is 0.480 e. The molecule has 1 atom stereocenters. The van der Waals surface area contributed by atoms with Crippen LogP contribution in [-0.2, 0) is 20.7 Å². The van der Waals surface area contributed by atoms with Crippen LogP contribution >= 0.6 is 11.8 Å². The van der Waals surface area contributed by atoms with Crippen LogP contribution in [0.2, 0.25) is 0 Å². The van der Waals surface area contributed by atoms with E-state index in [0.717, 1.165) is 17.7 Å². The second-order valence-corrected chi connectivity index (χ2v) is 7.82. The molecule has 138 valence electrons. The number of carboxylic acids is 1. The Morgan fingerprint density at radius 2 is 1.77 bits per heavy atom. The van der Waals surface area contributed by atoms with Crippen LogP contribution in [0.3, 0.4) is 0 Å². The highest BCUT2D eigenvalue weighted by atomic mass is 32.2. The third-order valence-electron chi connectivity index (χ3n) is 3.39. The maximum Gasteiger partial charge on any atom is 0.327 e. The van der Waals surface area contributed by atoms with Crippen molar-refractivity contribution in [3.63, 3.8) is 0 Å². The first-order chi connectivity index (χ1) is 12.3. The molecule has 2 aromatic rings. The average molecular weight is 395 g/mol. The van der Waals surface area contributed by atoms with Crippen molar-refractivity contribution in [2.75, 3.05) is 5.75 Å². The molecule has 7 nitrogen and oxygen atoms in total. The molecule has 1 amide bonds. The standard InChI is InChI=1S/C17H17NO6S2/c19-16(13-7-4-8-14(9-13)26(22,23)24)18-15(17(20)21)11-25-10-12-5-2-1-3-6-12/h1-9,15H,10-11H2,(H,18,19)(H,20,21)(H,22,23,24). The van der Waals surface area contributed by atoms with Crippen LogP contribution < -0.4 is 5.32 Å². The molecule has 3 N–H and O–H groups in total. The van der Waals surface area contributed by atoms with Crippen LogP contribution in [-0.4, -0.2) is 41.7 Å². The van der Waals surface area contributed by atoms with Crippen molar-refractivity contribution in [1.29, 1.82) is 0 Å². The number of thioether (sulfide) groups is 1. The molecule has 0 radical (unpaired) electrons. The maximum absolute atomic E-state index is 12.2. The lowest BCUT2D eigenvalue weighted by Gasteiger charge is -2.14. The fraction of sp³-hybridized carbons (Fsp3) is 0.176. The molecule has 0 heterocycles. The third kappa shape index (κ3) is 5.87. The first kappa shape index (κ1) is 20.0. The van der Waals surface area contributed by atoms with Crippen molar-refractivity contribution in [3.8, 4) is 0 Å². The fourth-order valence-corrected chi connectivity index (χ4v) is 3.62. The van der Waals surface area contributed by atoms with Crippen molar-refractivity contribution < 1.29 is 27.7 Å². The lowest BCUT2D eigenvalue weighted by molar-refractivity contribution is -0.138. The van der Waals surface area contributed by atoms with E-state index in [4.69, 9.17) is 4.55 Å². The van der Waals surface area contributed by atoms with Gasteiger partial charge in [0, 0.05) is 17.1 Å². The van der Waals surface area contributed by atoms with Gasteiger partial charge in [-0.15, -0.1) is 0 Å². The molecule has 0 aliphatic rings. The molecule has 0 spiro atoms. The van der Waals surface area contributed by atoms with Gasteiger partial charge in [-0.3, -0.25) is 9.35 Å². The number of aliphatic carboxylic acids is 1. The van der Waals surface area contributed by atoms with Crippen molar-refractivity contribution in [2.24, 2.45) is 0 Å². The summed E-state index contributed by atoms with van der Waals surface area (Å²) in [5, 5.41) is 11.6. The van der Waals surface area contributed by atoms with Crippen molar-refractivity contribution in [3.05, 3.63) is 65.7 Å². The van der Waals surface area contributed by atoms with Gasteiger partial charge in [0.25, 0.3) is 16.0 Å². The Bertz CT molecular complexity index is 883. The molecule has 0 aromatic heterocycles. The molecule has 0 aliphatic heterocycles. The second-order valence-electron chi connectivity index (χ2n) is 5.37. The number of carbonyl (C=O) groups excluding carboxylic acids is 1. The lowest BCUT2D eigenvalue weighted by Crippen LogP contribution is -2.42. The van der Waals surface area contributed by atoms with Crippen molar-refractivity contribution >= 4 is 33.8 Å². The Hall–Kier alpha value is -2.36. The first-order valence-electron chi connectivity index (χ1n) is 7.50. The van der Waals surface area contributed by atoms with E-state index in [1.807, 2.05) is 30.3 Å². The Morgan fingerprint density at radius 3 is 2.38 bits per heavy atom. The van der Waals surface area contributed by atoms with Gasteiger partial charge in [0.05, 0.1) is 4.90 Å². The number of rotatable bonds is 8. The van der Waals surface area contributed by atoms with Gasteiger partial charge in [0.2, 0.25) is 0 Å². The van der Waals surface area contributed by atoms with Gasteiger partial charge in [0.15, 0.2) is 0 Å². The number of carbonyl (C=O) groups is 2. The predicted octanol–water partition coefficient (Wildman–Crippen LogP) is 2.05. The van der Waals surface area contributed by atoms with Crippen LogP contribution in [0.4, 0.5) is 0 Å². The summed E-state index contributed by atoms with van der Waals surface area (Å²) in [7, 11) is -4.45. The zero-order valence-electron chi connectivity index (χ0n) is 13.5. The lowest BCUT2D eigenvalue weighted by atomic mass is 10.2. The van der Waals surface area contributed by atoms with E-state index in [9.17, 15) is 23.1 Å². The molecule has 26 heavy (non-hydrogen) atoms. The quantitative estimate of drug-likeness (QED) is 0.585. The molecule has 0 fully saturated rings. The molecule has 9 heteroatoms. The van der Waals surface area contributed by atoms with Crippen LogP contribution in [0.25, 0.3) is 0 Å². The summed E-state index contributed by atoms with van der Waals surface area (Å²) < 4.78 is 31.3. The zero-order chi connectivity index (χ0) is 19.2. The highest BCUT2D eigenvalue weighted by molar-refractivity contribution is 7.98. The minimum absolute atomic E-state index is 0.0561. The predicted molar refractivity (Wildman–Crippen MR) is 97.8 cm³/mol. The molecule has 2 aromatic carbocycles. The molecular weight excluding hydrogens is 378 g/mol. The summed E-state index contributed by atoms with van der Waals surface area (Å²) in [5.74, 6) is -1.18.